The van der Waals surface area contributed by atoms with Gasteiger partial charge in [-0.25, -0.2) is 9.79 Å². The van der Waals surface area contributed by atoms with Crippen LogP contribution in [0.3, 0.4) is 0 Å². The van der Waals surface area contributed by atoms with E-state index in [1.165, 1.54) is 12.5 Å². The molecular formula is C10H19CrNO. The van der Waals surface area contributed by atoms with Crippen molar-refractivity contribution in [3.63, 3.8) is 0 Å². The molecule has 0 saturated carbocycles. The summed E-state index contributed by atoms with van der Waals surface area (Å²) in [6.45, 7) is 12.1. The third-order valence-corrected chi connectivity index (χ3v) is 1.52. The average molecular weight is 221 g/mol. The number of hydrogen-bond acceptors (Lipinski definition) is 2. The van der Waals surface area contributed by atoms with Gasteiger partial charge < -0.3 is 13.8 Å². The second-order valence-electron chi connectivity index (χ2n) is 2.63. The minimum Gasteiger partial charge on any atom is -0.343 e. The second-order valence-corrected chi connectivity index (χ2v) is 2.63. The molecule has 0 fully saturated rings. The van der Waals surface area contributed by atoms with E-state index in [9.17, 15) is 4.79 Å². The molecule has 2 nitrogen and oxygen atoms in total. The Morgan fingerprint density at radius 3 is 2.08 bits per heavy atom. The van der Waals surface area contributed by atoms with Gasteiger partial charge in [-0.2, -0.15) is 12.8 Å². The molecule has 0 aliphatic carbocycles. The molecule has 3 heteroatoms. The zero-order valence-electron chi connectivity index (χ0n) is 8.58. The standard InChI is InChI=1S/C6H13.C4H6NO.Cr/c1-4-6(3)5-2;1-2-3-5-4-6;/h6H,1,4-5H2,2-3H3;1-3H2;/q2*-1;+2. The minimum atomic E-state index is 0. The van der Waals surface area contributed by atoms with Gasteiger partial charge in [0.05, 0.1) is 0 Å². The molecule has 0 rings (SSSR count). The van der Waals surface area contributed by atoms with E-state index < -0.39 is 0 Å². The zero-order valence-corrected chi connectivity index (χ0v) is 9.86. The molecule has 0 saturated heterocycles. The summed E-state index contributed by atoms with van der Waals surface area (Å²) in [5, 5.41) is 0. The van der Waals surface area contributed by atoms with Crippen molar-refractivity contribution in [2.24, 2.45) is 10.9 Å². The molecule has 0 heterocycles. The molecule has 1 atom stereocenters. The van der Waals surface area contributed by atoms with Crippen LogP contribution in [0.2, 0.25) is 0 Å². The monoisotopic (exact) mass is 221 g/mol. The van der Waals surface area contributed by atoms with E-state index in [2.05, 4.69) is 32.7 Å². The summed E-state index contributed by atoms with van der Waals surface area (Å²) in [7, 11) is 0. The molecule has 0 amide bonds. The number of carbonyl (C=O) groups excluding carboxylic acids is 1. The van der Waals surface area contributed by atoms with Gasteiger partial charge in [-0.05, 0) is 0 Å². The van der Waals surface area contributed by atoms with Crippen LogP contribution in [0, 0.1) is 19.8 Å². The number of nitrogens with zero attached hydrogens (tertiary/aromatic N) is 1. The largest absolute Gasteiger partial charge is 2.00 e. The predicted molar refractivity (Wildman–Crippen MR) is 52.4 cm³/mol. The Kier molecular flexibility index (Phi) is 25.6. The first-order valence-electron chi connectivity index (χ1n) is 4.34. The third kappa shape index (κ3) is 24.5. The van der Waals surface area contributed by atoms with Gasteiger partial charge >= 0.3 is 17.4 Å². The van der Waals surface area contributed by atoms with Gasteiger partial charge in [-0.15, -0.1) is 0 Å². The predicted octanol–water partition coefficient (Wildman–Crippen LogP) is 2.80. The summed E-state index contributed by atoms with van der Waals surface area (Å²) < 4.78 is 0. The van der Waals surface area contributed by atoms with Gasteiger partial charge in [-0.1, -0.05) is 26.2 Å². The van der Waals surface area contributed by atoms with Crippen LogP contribution in [-0.2, 0) is 22.2 Å². The molecule has 76 valence electrons. The molecule has 1 unspecified atom stereocenters. The first-order chi connectivity index (χ1) is 5.72. The van der Waals surface area contributed by atoms with Crippen LogP contribution in [0.5, 0.6) is 0 Å². The maximum absolute atomic E-state index is 9.24. The summed E-state index contributed by atoms with van der Waals surface area (Å²) in [5.41, 5.74) is 0. The van der Waals surface area contributed by atoms with E-state index in [-0.39, 0.29) is 17.4 Å². The third-order valence-electron chi connectivity index (χ3n) is 1.52. The van der Waals surface area contributed by atoms with Gasteiger partial charge in [0.2, 0.25) is 6.08 Å². The summed E-state index contributed by atoms with van der Waals surface area (Å²) in [5.74, 6) is 0.824. The molecule has 0 radical (unpaired) electrons. The van der Waals surface area contributed by atoms with Gasteiger partial charge in [-0.3, -0.25) is 0 Å². The summed E-state index contributed by atoms with van der Waals surface area (Å²) >= 11 is 0. The molecule has 0 aromatic heterocycles. The molecule has 0 N–H and O–H groups in total. The van der Waals surface area contributed by atoms with Crippen LogP contribution >= 0.6 is 0 Å². The molecule has 0 aliphatic heterocycles. The molecular weight excluding hydrogens is 202 g/mol. The summed E-state index contributed by atoms with van der Waals surface area (Å²) in [4.78, 5) is 12.5. The molecule has 0 spiro atoms. The fraction of sp³-hybridized carbons (Fsp3) is 0.700. The van der Waals surface area contributed by atoms with Crippen molar-refractivity contribution in [1.82, 2.24) is 0 Å². The number of hydrogen-bond donors (Lipinski definition) is 0. The fourth-order valence-corrected chi connectivity index (χ4v) is 0.329. The normalized spacial score (nSPS) is 9.85. The van der Waals surface area contributed by atoms with Crippen molar-refractivity contribution < 1.29 is 22.2 Å². The average Bonchev–Trinajstić information content (AvgIpc) is 2.14. The fourth-order valence-electron chi connectivity index (χ4n) is 0.329. The Morgan fingerprint density at radius 2 is 2.00 bits per heavy atom. The van der Waals surface area contributed by atoms with Crippen LogP contribution in [0.15, 0.2) is 4.99 Å². The van der Waals surface area contributed by atoms with E-state index in [1.54, 1.807) is 0 Å². The van der Waals surface area contributed by atoms with Crippen molar-refractivity contribution in [3.8, 4) is 0 Å². The van der Waals surface area contributed by atoms with E-state index in [0.29, 0.717) is 13.0 Å². The van der Waals surface area contributed by atoms with Crippen LogP contribution in [0.25, 0.3) is 0 Å². The molecule has 0 aromatic carbocycles. The Morgan fingerprint density at radius 1 is 1.46 bits per heavy atom. The van der Waals surface area contributed by atoms with Gasteiger partial charge in [0, 0.05) is 6.54 Å². The molecule has 0 aromatic rings. The Bertz CT molecular complexity index is 118. The van der Waals surface area contributed by atoms with E-state index >= 15 is 0 Å². The SMILES string of the molecule is [CH2-]CC(C)CC.[CH2-]CCN=C=O.[Cr+2]. The van der Waals surface area contributed by atoms with Crippen molar-refractivity contribution in [2.45, 2.75) is 33.1 Å². The smallest absolute Gasteiger partial charge is 0.343 e. The molecule has 13 heavy (non-hydrogen) atoms. The summed E-state index contributed by atoms with van der Waals surface area (Å²) in [6, 6.07) is 0. The maximum atomic E-state index is 9.24. The minimum absolute atomic E-state index is 0. The molecule has 0 bridgehead atoms. The molecule has 0 aliphatic rings. The number of rotatable bonds is 4. The van der Waals surface area contributed by atoms with E-state index in [4.69, 9.17) is 0 Å². The van der Waals surface area contributed by atoms with Crippen molar-refractivity contribution in [1.29, 1.82) is 0 Å². The number of isocyanates is 1. The van der Waals surface area contributed by atoms with E-state index in [0.717, 1.165) is 12.3 Å². The van der Waals surface area contributed by atoms with Gasteiger partial charge in [0.1, 0.15) is 0 Å². The van der Waals surface area contributed by atoms with Crippen molar-refractivity contribution >= 4 is 6.08 Å². The second kappa shape index (κ2) is 17.9. The van der Waals surface area contributed by atoms with Crippen LogP contribution in [-0.4, -0.2) is 12.6 Å². The topological polar surface area (TPSA) is 29.4 Å². The Hall–Kier alpha value is -0.0875. The van der Waals surface area contributed by atoms with Crippen molar-refractivity contribution in [3.05, 3.63) is 13.8 Å². The first kappa shape index (κ1) is 18.6. The summed E-state index contributed by atoms with van der Waals surface area (Å²) in [6.07, 6.45) is 4.43. The van der Waals surface area contributed by atoms with Crippen LogP contribution < -0.4 is 0 Å². The van der Waals surface area contributed by atoms with Crippen LogP contribution in [0.4, 0.5) is 0 Å². The number of aliphatic imine (C=N–C) groups is 1. The zero-order chi connectivity index (χ0) is 9.82. The Labute approximate surface area is 93.0 Å². The van der Waals surface area contributed by atoms with Crippen LogP contribution in [0.1, 0.15) is 33.1 Å². The van der Waals surface area contributed by atoms with E-state index in [1.807, 2.05) is 0 Å². The first-order valence-corrected chi connectivity index (χ1v) is 4.34. The van der Waals surface area contributed by atoms with Gasteiger partial charge in [0.25, 0.3) is 0 Å². The Balaban J connectivity index is -0.000000143. The van der Waals surface area contributed by atoms with Crippen molar-refractivity contribution in [2.75, 3.05) is 6.54 Å². The van der Waals surface area contributed by atoms with Gasteiger partial charge in [0.15, 0.2) is 0 Å². The maximum Gasteiger partial charge on any atom is 2.00 e. The quantitative estimate of drug-likeness (QED) is 0.408.